The third-order valence-corrected chi connectivity index (χ3v) is 2.42. The standard InChI is InChI=1S/C7H12N2OS/c1-7(8,5-10-2)6-9-3-4-11-6/h3-4H,5,8H2,1-2H3. The van der Waals surface area contributed by atoms with Crippen molar-refractivity contribution < 1.29 is 4.74 Å². The number of nitrogens with two attached hydrogens (primary N) is 1. The first kappa shape index (κ1) is 8.64. The molecule has 1 atom stereocenters. The normalized spacial score (nSPS) is 16.3. The molecule has 1 heterocycles. The lowest BCUT2D eigenvalue weighted by molar-refractivity contribution is 0.141. The molecule has 0 saturated carbocycles. The van der Waals surface area contributed by atoms with Crippen LogP contribution in [0.1, 0.15) is 11.9 Å². The largest absolute Gasteiger partial charge is 0.382 e. The van der Waals surface area contributed by atoms with Crippen LogP contribution in [0, 0.1) is 0 Å². The zero-order valence-corrected chi connectivity index (χ0v) is 7.52. The molecule has 0 bridgehead atoms. The van der Waals surface area contributed by atoms with Gasteiger partial charge in [-0.05, 0) is 6.92 Å². The van der Waals surface area contributed by atoms with E-state index >= 15 is 0 Å². The van der Waals surface area contributed by atoms with Crippen molar-refractivity contribution in [3.8, 4) is 0 Å². The van der Waals surface area contributed by atoms with Gasteiger partial charge in [0.2, 0.25) is 0 Å². The maximum absolute atomic E-state index is 5.92. The number of aromatic nitrogens is 1. The van der Waals surface area contributed by atoms with Crippen LogP contribution in [0.3, 0.4) is 0 Å². The van der Waals surface area contributed by atoms with E-state index in [9.17, 15) is 0 Å². The van der Waals surface area contributed by atoms with Crippen molar-refractivity contribution in [2.75, 3.05) is 13.7 Å². The Kier molecular flexibility index (Phi) is 2.59. The molecular formula is C7H12N2OS. The van der Waals surface area contributed by atoms with Gasteiger partial charge in [-0.2, -0.15) is 0 Å². The smallest absolute Gasteiger partial charge is 0.115 e. The maximum atomic E-state index is 5.92. The molecule has 62 valence electrons. The molecule has 2 N–H and O–H groups in total. The first-order valence-corrected chi connectivity index (χ1v) is 4.22. The van der Waals surface area contributed by atoms with Gasteiger partial charge in [-0.3, -0.25) is 0 Å². The van der Waals surface area contributed by atoms with Gasteiger partial charge in [0, 0.05) is 18.7 Å². The van der Waals surface area contributed by atoms with Crippen LogP contribution < -0.4 is 5.73 Å². The summed E-state index contributed by atoms with van der Waals surface area (Å²) in [5, 5.41) is 2.83. The van der Waals surface area contributed by atoms with Crippen molar-refractivity contribution in [1.82, 2.24) is 4.98 Å². The zero-order valence-electron chi connectivity index (χ0n) is 6.70. The number of rotatable bonds is 3. The van der Waals surface area contributed by atoms with Crippen LogP contribution in [-0.2, 0) is 10.3 Å². The third-order valence-electron chi connectivity index (χ3n) is 1.37. The molecule has 0 aliphatic heterocycles. The molecule has 0 radical (unpaired) electrons. The van der Waals surface area contributed by atoms with Crippen LogP contribution >= 0.6 is 11.3 Å². The van der Waals surface area contributed by atoms with Crippen LogP contribution in [0.4, 0.5) is 0 Å². The summed E-state index contributed by atoms with van der Waals surface area (Å²) < 4.78 is 4.97. The summed E-state index contributed by atoms with van der Waals surface area (Å²) in [4.78, 5) is 4.12. The zero-order chi connectivity index (χ0) is 8.32. The van der Waals surface area contributed by atoms with E-state index in [-0.39, 0.29) is 0 Å². The van der Waals surface area contributed by atoms with E-state index in [4.69, 9.17) is 10.5 Å². The lowest BCUT2D eigenvalue weighted by Crippen LogP contribution is -2.37. The Morgan fingerprint density at radius 1 is 1.82 bits per heavy atom. The number of ether oxygens (including phenoxy) is 1. The fourth-order valence-corrected chi connectivity index (χ4v) is 1.57. The van der Waals surface area contributed by atoms with Crippen LogP contribution in [0.5, 0.6) is 0 Å². The van der Waals surface area contributed by atoms with E-state index < -0.39 is 5.54 Å². The van der Waals surface area contributed by atoms with Crippen molar-refractivity contribution in [3.63, 3.8) is 0 Å². The van der Waals surface area contributed by atoms with Gasteiger partial charge in [0.25, 0.3) is 0 Å². The van der Waals surface area contributed by atoms with Crippen molar-refractivity contribution in [2.24, 2.45) is 5.73 Å². The van der Waals surface area contributed by atoms with Crippen LogP contribution in [-0.4, -0.2) is 18.7 Å². The summed E-state index contributed by atoms with van der Waals surface area (Å²) in [7, 11) is 1.64. The predicted octanol–water partition coefficient (Wildman–Crippen LogP) is 0.963. The Labute approximate surface area is 70.2 Å². The average Bonchev–Trinajstić information content (AvgIpc) is 2.37. The second-order valence-corrected chi connectivity index (χ2v) is 3.58. The second kappa shape index (κ2) is 3.30. The van der Waals surface area contributed by atoms with Crippen LogP contribution in [0.2, 0.25) is 0 Å². The number of methoxy groups -OCH3 is 1. The van der Waals surface area contributed by atoms with Crippen molar-refractivity contribution in [2.45, 2.75) is 12.5 Å². The minimum Gasteiger partial charge on any atom is -0.382 e. The average molecular weight is 172 g/mol. The molecular weight excluding hydrogens is 160 g/mol. The highest BCUT2D eigenvalue weighted by atomic mass is 32.1. The highest BCUT2D eigenvalue weighted by molar-refractivity contribution is 7.09. The molecule has 11 heavy (non-hydrogen) atoms. The lowest BCUT2D eigenvalue weighted by Gasteiger charge is -2.20. The third kappa shape index (κ3) is 1.99. The molecule has 4 heteroatoms. The number of hydrogen-bond acceptors (Lipinski definition) is 4. The van der Waals surface area contributed by atoms with Crippen molar-refractivity contribution in [1.29, 1.82) is 0 Å². The van der Waals surface area contributed by atoms with Gasteiger partial charge in [-0.15, -0.1) is 11.3 Å². The van der Waals surface area contributed by atoms with Crippen LogP contribution in [0.25, 0.3) is 0 Å². The fourth-order valence-electron chi connectivity index (χ4n) is 0.867. The Balaban J connectivity index is 2.73. The Morgan fingerprint density at radius 2 is 2.55 bits per heavy atom. The molecule has 0 spiro atoms. The summed E-state index contributed by atoms with van der Waals surface area (Å²) >= 11 is 1.55. The Hall–Kier alpha value is -0.450. The number of hydrogen-bond donors (Lipinski definition) is 1. The topological polar surface area (TPSA) is 48.1 Å². The number of thiazole rings is 1. The molecule has 0 aliphatic carbocycles. The van der Waals surface area contributed by atoms with E-state index in [0.717, 1.165) is 5.01 Å². The first-order chi connectivity index (χ1) is 5.17. The van der Waals surface area contributed by atoms with Crippen molar-refractivity contribution in [3.05, 3.63) is 16.6 Å². The maximum Gasteiger partial charge on any atom is 0.115 e. The molecule has 1 rings (SSSR count). The Bertz CT molecular complexity index is 208. The van der Waals surface area contributed by atoms with E-state index in [1.165, 1.54) is 0 Å². The molecule has 0 amide bonds. The minimum atomic E-state index is -0.442. The van der Waals surface area contributed by atoms with Gasteiger partial charge in [0.1, 0.15) is 5.01 Å². The lowest BCUT2D eigenvalue weighted by atomic mass is 10.1. The van der Waals surface area contributed by atoms with E-state index in [0.29, 0.717) is 6.61 Å². The summed E-state index contributed by atoms with van der Waals surface area (Å²) in [6, 6.07) is 0. The minimum absolute atomic E-state index is 0.442. The fraction of sp³-hybridized carbons (Fsp3) is 0.571. The molecule has 3 nitrogen and oxygen atoms in total. The molecule has 1 aromatic rings. The monoisotopic (exact) mass is 172 g/mol. The molecule has 1 unspecified atom stereocenters. The van der Waals surface area contributed by atoms with E-state index in [1.54, 1.807) is 24.6 Å². The Morgan fingerprint density at radius 3 is 3.00 bits per heavy atom. The SMILES string of the molecule is COCC(C)(N)c1nccs1. The van der Waals surface area contributed by atoms with Gasteiger partial charge < -0.3 is 10.5 Å². The molecule has 0 aromatic carbocycles. The summed E-state index contributed by atoms with van der Waals surface area (Å²) in [6.07, 6.45) is 1.75. The number of nitrogens with zero attached hydrogens (tertiary/aromatic N) is 1. The summed E-state index contributed by atoms with van der Waals surface area (Å²) in [6.45, 7) is 2.41. The van der Waals surface area contributed by atoms with E-state index in [2.05, 4.69) is 4.98 Å². The summed E-state index contributed by atoms with van der Waals surface area (Å²) in [5.41, 5.74) is 5.47. The second-order valence-electron chi connectivity index (χ2n) is 2.69. The molecule has 1 aromatic heterocycles. The van der Waals surface area contributed by atoms with Crippen molar-refractivity contribution >= 4 is 11.3 Å². The van der Waals surface area contributed by atoms with Gasteiger partial charge in [0.15, 0.2) is 0 Å². The first-order valence-electron chi connectivity index (χ1n) is 3.34. The van der Waals surface area contributed by atoms with Gasteiger partial charge in [-0.1, -0.05) is 0 Å². The van der Waals surface area contributed by atoms with Gasteiger partial charge >= 0.3 is 0 Å². The quantitative estimate of drug-likeness (QED) is 0.739. The highest BCUT2D eigenvalue weighted by Crippen LogP contribution is 2.19. The molecule has 0 fully saturated rings. The van der Waals surface area contributed by atoms with Gasteiger partial charge in [-0.25, -0.2) is 4.98 Å². The van der Waals surface area contributed by atoms with Crippen LogP contribution in [0.15, 0.2) is 11.6 Å². The molecule has 0 aliphatic rings. The van der Waals surface area contributed by atoms with Gasteiger partial charge in [0.05, 0.1) is 12.1 Å². The highest BCUT2D eigenvalue weighted by Gasteiger charge is 2.23. The van der Waals surface area contributed by atoms with E-state index in [1.807, 2.05) is 12.3 Å². The predicted molar refractivity (Wildman–Crippen MR) is 45.5 cm³/mol. The molecule has 0 saturated heterocycles. The summed E-state index contributed by atoms with van der Waals surface area (Å²) in [5.74, 6) is 0.